The molecule has 0 aliphatic rings. The normalized spacial score (nSPS) is 10.5. The van der Waals surface area contributed by atoms with Crippen LogP contribution in [0.2, 0.25) is 0 Å². The molecule has 0 aromatic carbocycles. The molecule has 8 heavy (non-hydrogen) atoms. The lowest BCUT2D eigenvalue weighted by atomic mass is 9.92. The van der Waals surface area contributed by atoms with E-state index in [1.165, 1.54) is 0 Å². The van der Waals surface area contributed by atoms with Crippen LogP contribution in [0.1, 0.15) is 27.2 Å². The summed E-state index contributed by atoms with van der Waals surface area (Å²) in [6, 6.07) is 0. The zero-order valence-electron chi connectivity index (χ0n) is 5.74. The van der Waals surface area contributed by atoms with Crippen molar-refractivity contribution >= 4 is 0 Å². The van der Waals surface area contributed by atoms with Gasteiger partial charge in [-0.3, -0.25) is 0 Å². The quantitative estimate of drug-likeness (QED) is 0.487. The minimum Gasteiger partial charge on any atom is -1.00 e. The molecule has 1 N–H and O–H groups in total. The van der Waals surface area contributed by atoms with Gasteiger partial charge in [-0.15, -0.1) is 0 Å². The Balaban J connectivity index is 0. The van der Waals surface area contributed by atoms with E-state index in [-0.39, 0.29) is 17.8 Å². The Morgan fingerprint density at radius 2 is 1.75 bits per heavy atom. The van der Waals surface area contributed by atoms with E-state index in [9.17, 15) is 0 Å². The van der Waals surface area contributed by atoms with Crippen LogP contribution in [-0.2, 0) is 0 Å². The van der Waals surface area contributed by atoms with E-state index in [2.05, 4.69) is 6.92 Å². The number of halogens is 1. The fourth-order valence-electron chi connectivity index (χ4n) is 0.112. The summed E-state index contributed by atoms with van der Waals surface area (Å²) < 4.78 is 0. The minimum atomic E-state index is 0. The molecule has 0 aromatic heterocycles. The Bertz CT molecular complexity index is 46.5. The van der Waals surface area contributed by atoms with Gasteiger partial charge >= 0.3 is 0 Å². The number of rotatable bonds is 2. The van der Waals surface area contributed by atoms with E-state index in [1.807, 2.05) is 13.8 Å². The van der Waals surface area contributed by atoms with Gasteiger partial charge in [0.05, 0.1) is 0 Å². The van der Waals surface area contributed by atoms with E-state index < -0.39 is 0 Å². The van der Waals surface area contributed by atoms with Crippen molar-refractivity contribution in [1.82, 2.24) is 0 Å². The van der Waals surface area contributed by atoms with Crippen LogP contribution in [0.3, 0.4) is 0 Å². The fourth-order valence-corrected chi connectivity index (χ4v) is 0.112. The summed E-state index contributed by atoms with van der Waals surface area (Å²) >= 11 is 0. The van der Waals surface area contributed by atoms with Gasteiger partial charge in [0.2, 0.25) is 0 Å². The molecule has 2 heteroatoms. The molecule has 0 aliphatic carbocycles. The highest BCUT2D eigenvalue weighted by Gasteiger charge is 2.11. The van der Waals surface area contributed by atoms with Gasteiger partial charge in [0.15, 0.2) is 0 Å². The summed E-state index contributed by atoms with van der Waals surface area (Å²) in [5.74, 6) is 0. The highest BCUT2D eigenvalue weighted by Crippen LogP contribution is 2.16. The van der Waals surface area contributed by atoms with Crippen molar-refractivity contribution in [3.8, 4) is 0 Å². The lowest BCUT2D eigenvalue weighted by Gasteiger charge is -2.17. The number of hydrogen-bond donors (Lipinski definition) is 1. The molecule has 1 nitrogen and oxygen atoms in total. The van der Waals surface area contributed by atoms with Gasteiger partial charge in [-0.05, 0) is 11.8 Å². The van der Waals surface area contributed by atoms with Crippen LogP contribution in [-0.4, -0.2) is 11.7 Å². The summed E-state index contributed by atoms with van der Waals surface area (Å²) in [5.41, 5.74) is 0.139. The second-order valence-electron chi connectivity index (χ2n) is 2.68. The predicted molar refractivity (Wildman–Crippen MR) is 31.2 cm³/mol. The zero-order chi connectivity index (χ0) is 5.91. The van der Waals surface area contributed by atoms with Crippen molar-refractivity contribution in [2.75, 3.05) is 6.61 Å². The molecule has 0 saturated carbocycles. The second-order valence-corrected chi connectivity index (χ2v) is 2.68. The number of aliphatic hydroxyl groups is 1. The lowest BCUT2D eigenvalue weighted by molar-refractivity contribution is -0.00000261. The Kier molecular flexibility index (Phi) is 5.77. The third kappa shape index (κ3) is 4.41. The molecule has 0 bridgehead atoms. The van der Waals surface area contributed by atoms with Gasteiger partial charge in [-0.1, -0.05) is 20.8 Å². The molecular weight excluding hydrogens is 124 g/mol. The van der Waals surface area contributed by atoms with E-state index in [0.717, 1.165) is 6.42 Å². The van der Waals surface area contributed by atoms with Crippen molar-refractivity contribution in [2.24, 2.45) is 5.41 Å². The Labute approximate surface area is 57.5 Å². The monoisotopic (exact) mass is 137 g/mol. The molecule has 0 aromatic rings. The average Bonchev–Trinajstić information content (AvgIpc) is 1.68. The predicted octanol–water partition coefficient (Wildman–Crippen LogP) is -1.58. The molecule has 0 fully saturated rings. The van der Waals surface area contributed by atoms with Crippen molar-refractivity contribution in [3.63, 3.8) is 0 Å². The first-order chi connectivity index (χ1) is 3.12. The van der Waals surface area contributed by atoms with E-state index >= 15 is 0 Å². The van der Waals surface area contributed by atoms with Crippen molar-refractivity contribution < 1.29 is 17.5 Å². The van der Waals surface area contributed by atoms with Gasteiger partial charge in [0.1, 0.15) is 0 Å². The highest BCUT2D eigenvalue weighted by atomic mass is 35.5. The molecule has 52 valence electrons. The third-order valence-corrected chi connectivity index (χ3v) is 1.39. The second kappa shape index (κ2) is 4.16. The summed E-state index contributed by atoms with van der Waals surface area (Å²) in [7, 11) is 0. The van der Waals surface area contributed by atoms with E-state index in [0.29, 0.717) is 6.61 Å². The highest BCUT2D eigenvalue weighted by molar-refractivity contribution is 4.62. The number of hydrogen-bond acceptors (Lipinski definition) is 1. The average molecular weight is 138 g/mol. The van der Waals surface area contributed by atoms with Crippen LogP contribution < -0.4 is 12.4 Å². The van der Waals surface area contributed by atoms with Crippen LogP contribution >= 0.6 is 0 Å². The fraction of sp³-hybridized carbons (Fsp3) is 1.00. The third-order valence-electron chi connectivity index (χ3n) is 1.39. The first-order valence-corrected chi connectivity index (χ1v) is 2.73. The SMILES string of the molecule is CCC(C)(C)CO.[Cl-]. The molecule has 0 aliphatic heterocycles. The molecule has 0 amide bonds. The molecular formula is C6H14ClO-. The molecule has 0 radical (unpaired) electrons. The van der Waals surface area contributed by atoms with Crippen molar-refractivity contribution in [3.05, 3.63) is 0 Å². The van der Waals surface area contributed by atoms with Crippen molar-refractivity contribution in [1.29, 1.82) is 0 Å². The Morgan fingerprint density at radius 1 is 1.38 bits per heavy atom. The summed E-state index contributed by atoms with van der Waals surface area (Å²) in [6.07, 6.45) is 1.05. The molecule has 0 saturated heterocycles. The largest absolute Gasteiger partial charge is 1.00 e. The summed E-state index contributed by atoms with van der Waals surface area (Å²) in [6.45, 7) is 6.47. The van der Waals surface area contributed by atoms with Gasteiger partial charge in [0.25, 0.3) is 0 Å². The van der Waals surface area contributed by atoms with Crippen LogP contribution in [0.4, 0.5) is 0 Å². The van der Waals surface area contributed by atoms with E-state index in [4.69, 9.17) is 5.11 Å². The van der Waals surface area contributed by atoms with Crippen LogP contribution in [0.5, 0.6) is 0 Å². The van der Waals surface area contributed by atoms with Gasteiger partial charge < -0.3 is 17.5 Å². The summed E-state index contributed by atoms with van der Waals surface area (Å²) in [4.78, 5) is 0. The maximum absolute atomic E-state index is 8.59. The first kappa shape index (κ1) is 11.1. The standard InChI is InChI=1S/C6H14O.ClH/c1-4-6(2,3)5-7;/h7H,4-5H2,1-3H3;1H/p-1. The Hall–Kier alpha value is 0.250. The van der Waals surface area contributed by atoms with Crippen LogP contribution in [0.25, 0.3) is 0 Å². The molecule has 0 heterocycles. The minimum absolute atomic E-state index is 0. The lowest BCUT2D eigenvalue weighted by Crippen LogP contribution is -3.00. The van der Waals surface area contributed by atoms with Gasteiger partial charge in [0, 0.05) is 6.61 Å². The zero-order valence-corrected chi connectivity index (χ0v) is 6.50. The van der Waals surface area contributed by atoms with Crippen LogP contribution in [0.15, 0.2) is 0 Å². The van der Waals surface area contributed by atoms with Crippen molar-refractivity contribution in [2.45, 2.75) is 27.2 Å². The maximum Gasteiger partial charge on any atom is 0.0482 e. The molecule has 0 unspecified atom stereocenters. The first-order valence-electron chi connectivity index (χ1n) is 2.73. The molecule has 0 spiro atoms. The Morgan fingerprint density at radius 3 is 1.75 bits per heavy atom. The maximum atomic E-state index is 8.59. The van der Waals surface area contributed by atoms with Crippen LogP contribution in [0, 0.1) is 5.41 Å². The molecule has 0 atom stereocenters. The number of aliphatic hydroxyl groups excluding tert-OH is 1. The summed E-state index contributed by atoms with van der Waals surface area (Å²) in [5, 5.41) is 8.59. The smallest absolute Gasteiger partial charge is 0.0482 e. The van der Waals surface area contributed by atoms with Gasteiger partial charge in [-0.25, -0.2) is 0 Å². The van der Waals surface area contributed by atoms with Gasteiger partial charge in [-0.2, -0.15) is 0 Å². The topological polar surface area (TPSA) is 20.2 Å². The van der Waals surface area contributed by atoms with E-state index in [1.54, 1.807) is 0 Å². The molecule has 0 rings (SSSR count).